The van der Waals surface area contributed by atoms with Gasteiger partial charge in [-0.2, -0.15) is 5.10 Å². The number of aromatic nitrogens is 3. The third-order valence-electron chi connectivity index (χ3n) is 5.76. The van der Waals surface area contributed by atoms with Crippen LogP contribution in [0.4, 0.5) is 0 Å². The zero-order chi connectivity index (χ0) is 25.8. The van der Waals surface area contributed by atoms with Gasteiger partial charge in [0, 0.05) is 17.3 Å². The van der Waals surface area contributed by atoms with Gasteiger partial charge in [-0.25, -0.2) is 14.5 Å². The molecule has 0 spiro atoms. The Morgan fingerprint density at radius 1 is 0.865 bits per heavy atom. The zero-order valence-corrected chi connectivity index (χ0v) is 21.5. The molecule has 0 N–H and O–H groups in total. The molecule has 0 aliphatic rings. The van der Waals surface area contributed by atoms with Crippen molar-refractivity contribution in [2.45, 2.75) is 6.92 Å². The fourth-order valence-corrected chi connectivity index (χ4v) is 4.93. The Morgan fingerprint density at radius 3 is 2.32 bits per heavy atom. The highest BCUT2D eigenvalue weighted by Gasteiger charge is 2.25. The molecule has 186 valence electrons. The molecule has 2 heterocycles. The highest BCUT2D eigenvalue weighted by molar-refractivity contribution is 7.17. The number of benzene rings is 3. The normalized spacial score (nSPS) is 10.8. The van der Waals surface area contributed by atoms with Gasteiger partial charge >= 0.3 is 5.97 Å². The monoisotopic (exact) mass is 511 g/mol. The summed E-state index contributed by atoms with van der Waals surface area (Å²) in [4.78, 5) is 18.3. The summed E-state index contributed by atoms with van der Waals surface area (Å²) in [5, 5.41) is 5.57. The number of carbonyl (C=O) groups excluding carboxylic acids is 1. The predicted molar refractivity (Wildman–Crippen MR) is 145 cm³/mol. The Labute approximate surface area is 218 Å². The van der Waals surface area contributed by atoms with E-state index in [0.29, 0.717) is 15.6 Å². The smallest absolute Gasteiger partial charge is 0.350 e. The van der Waals surface area contributed by atoms with Crippen LogP contribution in [0.1, 0.15) is 16.6 Å². The second kappa shape index (κ2) is 10.7. The number of carbonyl (C=O) groups is 1. The summed E-state index contributed by atoms with van der Waals surface area (Å²) in [6.07, 6.45) is 1.94. The van der Waals surface area contributed by atoms with Crippen molar-refractivity contribution in [3.8, 4) is 50.3 Å². The van der Waals surface area contributed by atoms with Crippen LogP contribution < -0.4 is 9.47 Å². The van der Waals surface area contributed by atoms with Gasteiger partial charge in [0.25, 0.3) is 0 Å². The van der Waals surface area contributed by atoms with Gasteiger partial charge in [-0.1, -0.05) is 30.3 Å². The standard InChI is InChI=1S/C29H25N3O4S/c1-4-36-29(33)27-26(19-13-15-22(34-2)16-14-19)30-28(37-27)24-18-32(21-10-6-5-7-11-21)31-25(24)20-9-8-12-23(17-20)35-3/h5-18H,4H2,1-3H3. The van der Waals surface area contributed by atoms with Crippen molar-refractivity contribution in [1.29, 1.82) is 0 Å². The van der Waals surface area contributed by atoms with E-state index < -0.39 is 5.97 Å². The average molecular weight is 512 g/mol. The number of esters is 1. The van der Waals surface area contributed by atoms with E-state index >= 15 is 0 Å². The lowest BCUT2D eigenvalue weighted by Crippen LogP contribution is -2.03. The summed E-state index contributed by atoms with van der Waals surface area (Å²) in [7, 11) is 3.25. The lowest BCUT2D eigenvalue weighted by molar-refractivity contribution is 0.0532. The van der Waals surface area contributed by atoms with Crippen molar-refractivity contribution < 1.29 is 19.0 Å². The van der Waals surface area contributed by atoms with E-state index in [1.54, 1.807) is 21.1 Å². The summed E-state index contributed by atoms with van der Waals surface area (Å²) < 4.78 is 17.9. The van der Waals surface area contributed by atoms with E-state index in [4.69, 9.17) is 24.3 Å². The topological polar surface area (TPSA) is 75.5 Å². The molecule has 3 aromatic carbocycles. The van der Waals surface area contributed by atoms with Gasteiger partial charge < -0.3 is 14.2 Å². The molecule has 0 aliphatic carbocycles. The zero-order valence-electron chi connectivity index (χ0n) is 20.7. The Kier molecular flexibility index (Phi) is 7.00. The second-order valence-corrected chi connectivity index (χ2v) is 9.05. The lowest BCUT2D eigenvalue weighted by atomic mass is 10.1. The SMILES string of the molecule is CCOC(=O)c1sc(-c2cn(-c3ccccc3)nc2-c2cccc(OC)c2)nc1-c1ccc(OC)cc1. The highest BCUT2D eigenvalue weighted by atomic mass is 32.1. The first-order chi connectivity index (χ1) is 18.1. The Balaban J connectivity index is 1.69. The number of thiazole rings is 1. The second-order valence-electron chi connectivity index (χ2n) is 8.05. The van der Waals surface area contributed by atoms with Gasteiger partial charge in [-0.3, -0.25) is 0 Å². The molecule has 0 saturated carbocycles. The fraction of sp³-hybridized carbons (Fsp3) is 0.138. The number of methoxy groups -OCH3 is 2. The average Bonchev–Trinajstić information content (AvgIpc) is 3.59. The Bertz CT molecular complexity index is 1520. The number of hydrogen-bond acceptors (Lipinski definition) is 7. The van der Waals surface area contributed by atoms with Crippen LogP contribution in [0.15, 0.2) is 85.1 Å². The predicted octanol–water partition coefficient (Wildman–Crippen LogP) is 6.52. The molecule has 0 bridgehead atoms. The molecule has 37 heavy (non-hydrogen) atoms. The number of nitrogens with zero attached hydrogens (tertiary/aromatic N) is 3. The fourth-order valence-electron chi connectivity index (χ4n) is 3.94. The molecule has 0 saturated heterocycles. The minimum absolute atomic E-state index is 0.273. The van der Waals surface area contributed by atoms with Gasteiger partial charge in [0.1, 0.15) is 27.1 Å². The molecule has 0 radical (unpaired) electrons. The maximum Gasteiger partial charge on any atom is 0.350 e. The lowest BCUT2D eigenvalue weighted by Gasteiger charge is -2.04. The third kappa shape index (κ3) is 4.96. The van der Waals surface area contributed by atoms with Crippen LogP contribution in [0.5, 0.6) is 11.5 Å². The molecule has 0 atom stereocenters. The Morgan fingerprint density at radius 2 is 1.62 bits per heavy atom. The number of rotatable bonds is 8. The van der Waals surface area contributed by atoms with Crippen LogP contribution in [0.2, 0.25) is 0 Å². The molecule has 0 aliphatic heterocycles. The van der Waals surface area contributed by atoms with Crippen molar-refractivity contribution in [2.24, 2.45) is 0 Å². The van der Waals surface area contributed by atoms with Crippen molar-refractivity contribution in [3.05, 3.63) is 89.9 Å². The summed E-state index contributed by atoms with van der Waals surface area (Å²) >= 11 is 1.29. The first kappa shape index (κ1) is 24.3. The van der Waals surface area contributed by atoms with Crippen LogP contribution >= 0.6 is 11.3 Å². The van der Waals surface area contributed by atoms with Crippen molar-refractivity contribution >= 4 is 17.3 Å². The van der Waals surface area contributed by atoms with Crippen molar-refractivity contribution in [2.75, 3.05) is 20.8 Å². The van der Waals surface area contributed by atoms with E-state index in [-0.39, 0.29) is 6.61 Å². The molecule has 8 heteroatoms. The molecule has 0 amide bonds. The Hall–Kier alpha value is -4.43. The van der Waals surface area contributed by atoms with Gasteiger partial charge in [-0.15, -0.1) is 11.3 Å². The van der Waals surface area contributed by atoms with E-state index in [1.807, 2.05) is 89.7 Å². The number of para-hydroxylation sites is 1. The van der Waals surface area contributed by atoms with Gasteiger partial charge in [0.2, 0.25) is 0 Å². The quantitative estimate of drug-likeness (QED) is 0.221. The largest absolute Gasteiger partial charge is 0.497 e. The number of ether oxygens (including phenoxy) is 3. The first-order valence-electron chi connectivity index (χ1n) is 11.7. The van der Waals surface area contributed by atoms with Crippen molar-refractivity contribution in [3.63, 3.8) is 0 Å². The van der Waals surface area contributed by atoms with Crippen LogP contribution in [-0.2, 0) is 4.74 Å². The molecular formula is C29H25N3O4S. The van der Waals surface area contributed by atoms with Crippen LogP contribution in [0.3, 0.4) is 0 Å². The van der Waals surface area contributed by atoms with Crippen LogP contribution in [0.25, 0.3) is 38.8 Å². The van der Waals surface area contributed by atoms with Gasteiger partial charge in [0.15, 0.2) is 0 Å². The third-order valence-corrected chi connectivity index (χ3v) is 6.83. The van der Waals surface area contributed by atoms with Gasteiger partial charge in [-0.05, 0) is 55.5 Å². The van der Waals surface area contributed by atoms with Crippen molar-refractivity contribution in [1.82, 2.24) is 14.8 Å². The molecule has 0 fully saturated rings. The van der Waals surface area contributed by atoms with Gasteiger partial charge in [0.05, 0.1) is 37.8 Å². The molecule has 0 unspecified atom stereocenters. The maximum absolute atomic E-state index is 13.0. The summed E-state index contributed by atoms with van der Waals surface area (Å²) in [6, 6.07) is 25.1. The van der Waals surface area contributed by atoms with E-state index in [0.717, 1.165) is 39.6 Å². The van der Waals surface area contributed by atoms with Crippen LogP contribution in [-0.4, -0.2) is 41.6 Å². The minimum Gasteiger partial charge on any atom is -0.497 e. The molecule has 2 aromatic heterocycles. The first-order valence-corrected chi connectivity index (χ1v) is 12.5. The van der Waals surface area contributed by atoms with E-state index in [2.05, 4.69) is 0 Å². The summed E-state index contributed by atoms with van der Waals surface area (Å²) in [6.45, 7) is 2.06. The number of hydrogen-bond donors (Lipinski definition) is 0. The maximum atomic E-state index is 13.0. The molecular weight excluding hydrogens is 486 g/mol. The summed E-state index contributed by atoms with van der Waals surface area (Å²) in [5.74, 6) is 1.04. The van der Waals surface area contributed by atoms with E-state index in [9.17, 15) is 4.79 Å². The molecule has 7 nitrogen and oxygen atoms in total. The molecule has 5 rings (SSSR count). The molecule has 5 aromatic rings. The van der Waals surface area contributed by atoms with E-state index in [1.165, 1.54) is 11.3 Å². The van der Waals surface area contributed by atoms with Crippen LogP contribution in [0, 0.1) is 0 Å². The minimum atomic E-state index is -0.407. The summed E-state index contributed by atoms with van der Waals surface area (Å²) in [5.41, 5.74) is 4.67. The highest BCUT2D eigenvalue weighted by Crippen LogP contribution is 2.40.